The highest BCUT2D eigenvalue weighted by molar-refractivity contribution is 5.91. The number of carbonyl (C=O) groups excluding carboxylic acids is 2. The molecule has 6 nitrogen and oxygen atoms in total. The third kappa shape index (κ3) is 4.94. The van der Waals surface area contributed by atoms with E-state index in [2.05, 4.69) is 15.6 Å². The van der Waals surface area contributed by atoms with Crippen molar-refractivity contribution in [2.45, 2.75) is 32.7 Å². The number of imidazole rings is 1. The molecule has 2 amide bonds. The highest BCUT2D eigenvalue weighted by atomic mass is 19.1. The maximum absolute atomic E-state index is 13.0. The molecule has 3 aromatic rings. The Hall–Kier alpha value is -3.22. The number of fused-ring (bicyclic) bond motifs is 1. The highest BCUT2D eigenvalue weighted by Gasteiger charge is 2.14. The van der Waals surface area contributed by atoms with E-state index in [9.17, 15) is 14.0 Å². The lowest BCUT2D eigenvalue weighted by Gasteiger charge is -2.11. The maximum Gasteiger partial charge on any atom is 0.244 e. The van der Waals surface area contributed by atoms with Gasteiger partial charge in [-0.05, 0) is 42.8 Å². The molecule has 0 aliphatic heterocycles. The first-order valence-corrected chi connectivity index (χ1v) is 9.33. The Bertz CT molecular complexity index is 966. The first-order valence-electron chi connectivity index (χ1n) is 9.33. The smallest absolute Gasteiger partial charge is 0.244 e. The summed E-state index contributed by atoms with van der Waals surface area (Å²) in [5.74, 6) is 0.156. The predicted octanol–water partition coefficient (Wildman–Crippen LogP) is 3.27. The second-order valence-electron chi connectivity index (χ2n) is 6.51. The minimum atomic E-state index is -0.356. The number of anilines is 1. The fourth-order valence-electron chi connectivity index (χ4n) is 3.00. The molecule has 2 N–H and O–H groups in total. The molecule has 0 radical (unpaired) electrons. The van der Waals surface area contributed by atoms with Gasteiger partial charge in [0.15, 0.2) is 0 Å². The summed E-state index contributed by atoms with van der Waals surface area (Å²) in [6, 6.07) is 13.2. The van der Waals surface area contributed by atoms with E-state index in [0.717, 1.165) is 23.3 Å². The summed E-state index contributed by atoms with van der Waals surface area (Å²) in [5.41, 5.74) is 2.18. The number of hydrogen-bond acceptors (Lipinski definition) is 3. The summed E-state index contributed by atoms with van der Waals surface area (Å²) >= 11 is 0. The van der Waals surface area contributed by atoms with Crippen LogP contribution in [0.5, 0.6) is 0 Å². The highest BCUT2D eigenvalue weighted by Crippen LogP contribution is 2.17. The molecular formula is C21H23FN4O2. The van der Waals surface area contributed by atoms with Gasteiger partial charge in [-0.15, -0.1) is 0 Å². The SMILES string of the molecule is CCCC(=O)NCCc1nc2ccccc2n1CC(=O)Nc1ccc(F)cc1. The standard InChI is InChI=1S/C21H23FN4O2/c1-2-5-20(27)23-13-12-19-25-17-6-3-4-7-18(17)26(19)14-21(28)24-16-10-8-15(22)9-11-16/h3-4,6-11H,2,5,12-14H2,1H3,(H,23,27)(H,24,28). The molecule has 7 heteroatoms. The fraction of sp³-hybridized carbons (Fsp3) is 0.286. The number of amides is 2. The van der Waals surface area contributed by atoms with E-state index < -0.39 is 0 Å². The van der Waals surface area contributed by atoms with Gasteiger partial charge in [-0.3, -0.25) is 9.59 Å². The molecule has 1 aromatic heterocycles. The van der Waals surface area contributed by atoms with Gasteiger partial charge in [-0.2, -0.15) is 0 Å². The van der Waals surface area contributed by atoms with E-state index in [1.165, 1.54) is 24.3 Å². The van der Waals surface area contributed by atoms with Gasteiger partial charge in [0.2, 0.25) is 11.8 Å². The van der Waals surface area contributed by atoms with E-state index >= 15 is 0 Å². The molecule has 1 heterocycles. The largest absolute Gasteiger partial charge is 0.356 e. The third-order valence-corrected chi connectivity index (χ3v) is 4.31. The van der Waals surface area contributed by atoms with E-state index in [1.54, 1.807) is 0 Å². The van der Waals surface area contributed by atoms with Gasteiger partial charge in [-0.1, -0.05) is 19.1 Å². The molecule has 2 aromatic carbocycles. The zero-order valence-electron chi connectivity index (χ0n) is 15.7. The first-order chi connectivity index (χ1) is 13.6. The van der Waals surface area contributed by atoms with Crippen LogP contribution in [0.4, 0.5) is 10.1 Å². The summed E-state index contributed by atoms with van der Waals surface area (Å²) in [5, 5.41) is 5.64. The summed E-state index contributed by atoms with van der Waals surface area (Å²) < 4.78 is 14.9. The third-order valence-electron chi connectivity index (χ3n) is 4.31. The van der Waals surface area contributed by atoms with Crippen molar-refractivity contribution in [2.75, 3.05) is 11.9 Å². The summed E-state index contributed by atoms with van der Waals surface area (Å²) in [7, 11) is 0. The number of carbonyl (C=O) groups is 2. The normalized spacial score (nSPS) is 10.8. The Balaban J connectivity index is 1.73. The van der Waals surface area contributed by atoms with E-state index in [0.29, 0.717) is 25.1 Å². The van der Waals surface area contributed by atoms with Crippen LogP contribution in [0.3, 0.4) is 0 Å². The van der Waals surface area contributed by atoms with Gasteiger partial charge < -0.3 is 15.2 Å². The maximum atomic E-state index is 13.0. The Morgan fingerprint density at radius 3 is 2.57 bits per heavy atom. The van der Waals surface area contributed by atoms with Crippen molar-refractivity contribution in [3.63, 3.8) is 0 Å². The molecule has 0 bridgehead atoms. The molecule has 0 aliphatic rings. The minimum absolute atomic E-state index is 0.0132. The average Bonchev–Trinajstić information content (AvgIpc) is 3.01. The summed E-state index contributed by atoms with van der Waals surface area (Å²) in [6.07, 6.45) is 1.82. The molecule has 0 saturated heterocycles. The lowest BCUT2D eigenvalue weighted by molar-refractivity contribution is -0.121. The Morgan fingerprint density at radius 2 is 1.82 bits per heavy atom. The Morgan fingerprint density at radius 1 is 1.07 bits per heavy atom. The van der Waals surface area contributed by atoms with Crippen molar-refractivity contribution in [2.24, 2.45) is 0 Å². The Labute approximate surface area is 162 Å². The molecule has 0 aliphatic carbocycles. The van der Waals surface area contributed by atoms with Crippen LogP contribution in [0.2, 0.25) is 0 Å². The van der Waals surface area contributed by atoms with Gasteiger partial charge in [0.05, 0.1) is 11.0 Å². The van der Waals surface area contributed by atoms with Crippen LogP contribution in [0, 0.1) is 5.82 Å². The van der Waals surface area contributed by atoms with Crippen LogP contribution < -0.4 is 10.6 Å². The molecular weight excluding hydrogens is 359 g/mol. The van der Waals surface area contributed by atoms with Crippen LogP contribution in [0.25, 0.3) is 11.0 Å². The second kappa shape index (κ2) is 9.12. The van der Waals surface area contributed by atoms with Crippen molar-refractivity contribution in [1.82, 2.24) is 14.9 Å². The lowest BCUT2D eigenvalue weighted by atomic mass is 10.3. The number of para-hydroxylation sites is 2. The Kier molecular flexibility index (Phi) is 6.37. The number of hydrogen-bond donors (Lipinski definition) is 2. The van der Waals surface area contributed by atoms with E-state index in [1.807, 2.05) is 35.8 Å². The zero-order chi connectivity index (χ0) is 19.9. The molecule has 0 saturated carbocycles. The van der Waals surface area contributed by atoms with Crippen LogP contribution >= 0.6 is 0 Å². The first kappa shape index (κ1) is 19.5. The van der Waals surface area contributed by atoms with Gasteiger partial charge in [-0.25, -0.2) is 9.37 Å². The van der Waals surface area contributed by atoms with Crippen molar-refractivity contribution in [1.29, 1.82) is 0 Å². The van der Waals surface area contributed by atoms with Crippen molar-refractivity contribution >= 4 is 28.5 Å². The lowest BCUT2D eigenvalue weighted by Crippen LogP contribution is -2.27. The number of nitrogens with zero attached hydrogens (tertiary/aromatic N) is 2. The molecule has 0 fully saturated rings. The van der Waals surface area contributed by atoms with Crippen LogP contribution in [-0.4, -0.2) is 27.9 Å². The number of nitrogens with one attached hydrogen (secondary N) is 2. The summed E-state index contributed by atoms with van der Waals surface area (Å²) in [4.78, 5) is 28.8. The monoisotopic (exact) mass is 382 g/mol. The predicted molar refractivity (Wildman–Crippen MR) is 106 cm³/mol. The number of aromatic nitrogens is 2. The molecule has 146 valence electrons. The molecule has 0 spiro atoms. The van der Waals surface area contributed by atoms with Crippen LogP contribution in [0.15, 0.2) is 48.5 Å². The number of halogens is 1. The van der Waals surface area contributed by atoms with Crippen molar-refractivity contribution in [3.05, 3.63) is 60.2 Å². The second-order valence-corrected chi connectivity index (χ2v) is 6.51. The van der Waals surface area contributed by atoms with E-state index in [-0.39, 0.29) is 24.2 Å². The summed E-state index contributed by atoms with van der Waals surface area (Å²) in [6.45, 7) is 2.50. The molecule has 3 rings (SSSR count). The quantitative estimate of drug-likeness (QED) is 0.628. The topological polar surface area (TPSA) is 76.0 Å². The van der Waals surface area contributed by atoms with Crippen molar-refractivity contribution in [3.8, 4) is 0 Å². The zero-order valence-corrected chi connectivity index (χ0v) is 15.7. The molecule has 28 heavy (non-hydrogen) atoms. The van der Waals surface area contributed by atoms with Crippen LogP contribution in [-0.2, 0) is 22.6 Å². The van der Waals surface area contributed by atoms with Crippen LogP contribution in [0.1, 0.15) is 25.6 Å². The molecule has 0 atom stereocenters. The molecule has 0 unspecified atom stereocenters. The minimum Gasteiger partial charge on any atom is -0.356 e. The number of benzene rings is 2. The number of rotatable bonds is 8. The van der Waals surface area contributed by atoms with Gasteiger partial charge in [0.1, 0.15) is 18.2 Å². The fourth-order valence-corrected chi connectivity index (χ4v) is 3.00. The van der Waals surface area contributed by atoms with Gasteiger partial charge in [0, 0.05) is 25.1 Å². The van der Waals surface area contributed by atoms with Gasteiger partial charge in [0.25, 0.3) is 0 Å². The van der Waals surface area contributed by atoms with Crippen molar-refractivity contribution < 1.29 is 14.0 Å². The van der Waals surface area contributed by atoms with Gasteiger partial charge >= 0.3 is 0 Å². The average molecular weight is 382 g/mol. The van der Waals surface area contributed by atoms with E-state index in [4.69, 9.17) is 0 Å².